The van der Waals surface area contributed by atoms with Crippen molar-refractivity contribution in [2.75, 3.05) is 11.9 Å². The topological polar surface area (TPSA) is 50.7 Å². The van der Waals surface area contributed by atoms with Crippen LogP contribution in [0.15, 0.2) is 18.3 Å². The highest BCUT2D eigenvalue weighted by Gasteiger charge is 2.20. The van der Waals surface area contributed by atoms with Gasteiger partial charge in [0.2, 0.25) is 0 Å². The monoisotopic (exact) mass is 286 g/mol. The number of rotatable bonds is 4. The molecule has 0 spiro atoms. The van der Waals surface area contributed by atoms with Crippen LogP contribution in [0, 0.1) is 6.92 Å². The van der Waals surface area contributed by atoms with E-state index in [-0.39, 0.29) is 0 Å². The van der Waals surface area contributed by atoms with Gasteiger partial charge in [-0.05, 0) is 31.0 Å². The average Bonchev–Trinajstić information content (AvgIpc) is 2.93. The third-order valence-corrected chi connectivity index (χ3v) is 4.24. The van der Waals surface area contributed by atoms with E-state index in [2.05, 4.69) is 24.1 Å². The normalized spacial score (nSPS) is 13.3. The quantitative estimate of drug-likeness (QED) is 0.933. The molecular formula is C15H18N4S. The predicted octanol–water partition coefficient (Wildman–Crippen LogP) is 3.42. The number of anilines is 1. The summed E-state index contributed by atoms with van der Waals surface area (Å²) in [6, 6.07) is 4.02. The first-order valence-corrected chi connectivity index (χ1v) is 8.08. The van der Waals surface area contributed by atoms with Gasteiger partial charge in [-0.25, -0.2) is 9.97 Å². The summed E-state index contributed by atoms with van der Waals surface area (Å²) in [5.74, 6) is 3.69. The van der Waals surface area contributed by atoms with Crippen LogP contribution in [-0.4, -0.2) is 21.5 Å². The van der Waals surface area contributed by atoms with E-state index >= 15 is 0 Å². The Labute approximate surface area is 123 Å². The molecule has 5 heteroatoms. The minimum Gasteiger partial charge on any atom is -0.370 e. The van der Waals surface area contributed by atoms with Crippen molar-refractivity contribution >= 4 is 17.6 Å². The lowest BCUT2D eigenvalue weighted by Gasteiger charge is -2.11. The van der Waals surface area contributed by atoms with Gasteiger partial charge in [-0.3, -0.25) is 4.98 Å². The second kappa shape index (κ2) is 5.79. The molecule has 0 bridgehead atoms. The van der Waals surface area contributed by atoms with Gasteiger partial charge >= 0.3 is 0 Å². The van der Waals surface area contributed by atoms with Crippen molar-refractivity contribution in [3.8, 4) is 11.5 Å². The predicted molar refractivity (Wildman–Crippen MR) is 83.8 cm³/mol. The highest BCUT2D eigenvalue weighted by Crippen LogP contribution is 2.34. The zero-order valence-corrected chi connectivity index (χ0v) is 12.6. The number of thioether (sulfide) groups is 1. The molecule has 4 nitrogen and oxygen atoms in total. The number of aryl methyl sites for hydroxylation is 1. The molecule has 3 heterocycles. The van der Waals surface area contributed by atoms with Crippen molar-refractivity contribution in [1.29, 1.82) is 0 Å². The number of aromatic nitrogens is 3. The van der Waals surface area contributed by atoms with Crippen LogP contribution in [0.1, 0.15) is 30.2 Å². The first-order chi connectivity index (χ1) is 9.78. The molecule has 2 aromatic heterocycles. The standard InChI is InChI=1S/C15H18N4S/c1-3-5-17-14-11-8-20-9-13(11)18-15(19-14)12-7-10(2)4-6-16-12/h4,6-7H,3,5,8-9H2,1-2H3,(H,17,18,19). The van der Waals surface area contributed by atoms with Crippen molar-refractivity contribution in [3.63, 3.8) is 0 Å². The van der Waals surface area contributed by atoms with Crippen LogP contribution in [0.2, 0.25) is 0 Å². The largest absolute Gasteiger partial charge is 0.370 e. The Kier molecular flexibility index (Phi) is 3.87. The van der Waals surface area contributed by atoms with Gasteiger partial charge in [0, 0.05) is 29.8 Å². The molecule has 20 heavy (non-hydrogen) atoms. The van der Waals surface area contributed by atoms with Gasteiger partial charge in [0.15, 0.2) is 5.82 Å². The SMILES string of the molecule is CCCNc1nc(-c2cc(C)ccn2)nc2c1CSC2. The van der Waals surface area contributed by atoms with E-state index in [1.165, 1.54) is 11.1 Å². The molecule has 0 aromatic carbocycles. The second-order valence-electron chi connectivity index (χ2n) is 4.96. The Hall–Kier alpha value is -1.62. The van der Waals surface area contributed by atoms with E-state index in [9.17, 15) is 0 Å². The third-order valence-electron chi connectivity index (χ3n) is 3.26. The summed E-state index contributed by atoms with van der Waals surface area (Å²) in [6.07, 6.45) is 2.90. The molecule has 0 radical (unpaired) electrons. The average molecular weight is 286 g/mol. The summed E-state index contributed by atoms with van der Waals surface area (Å²) in [5.41, 5.74) is 4.45. The summed E-state index contributed by atoms with van der Waals surface area (Å²) >= 11 is 1.89. The van der Waals surface area contributed by atoms with Crippen LogP contribution >= 0.6 is 11.8 Å². The minimum atomic E-state index is 0.730. The van der Waals surface area contributed by atoms with Gasteiger partial charge in [0.25, 0.3) is 0 Å². The lowest BCUT2D eigenvalue weighted by Crippen LogP contribution is -2.08. The van der Waals surface area contributed by atoms with Gasteiger partial charge in [-0.2, -0.15) is 11.8 Å². The highest BCUT2D eigenvalue weighted by atomic mass is 32.2. The summed E-state index contributed by atoms with van der Waals surface area (Å²) in [4.78, 5) is 13.8. The lowest BCUT2D eigenvalue weighted by atomic mass is 10.2. The number of hydrogen-bond acceptors (Lipinski definition) is 5. The molecule has 0 fully saturated rings. The third kappa shape index (κ3) is 2.63. The van der Waals surface area contributed by atoms with Crippen LogP contribution in [0.5, 0.6) is 0 Å². The molecule has 0 aliphatic carbocycles. The van der Waals surface area contributed by atoms with Crippen LogP contribution in [0.25, 0.3) is 11.5 Å². The van der Waals surface area contributed by atoms with Gasteiger partial charge in [-0.15, -0.1) is 0 Å². The molecular weight excluding hydrogens is 268 g/mol. The maximum atomic E-state index is 4.70. The molecule has 1 aliphatic rings. The maximum absolute atomic E-state index is 4.70. The number of fused-ring (bicyclic) bond motifs is 1. The fourth-order valence-electron chi connectivity index (χ4n) is 2.21. The Balaban J connectivity index is 2.04. The summed E-state index contributed by atoms with van der Waals surface area (Å²) in [7, 11) is 0. The summed E-state index contributed by atoms with van der Waals surface area (Å²) in [6.45, 7) is 5.16. The van der Waals surface area contributed by atoms with Gasteiger partial charge < -0.3 is 5.32 Å². The van der Waals surface area contributed by atoms with Gasteiger partial charge in [-0.1, -0.05) is 6.92 Å². The first kappa shape index (κ1) is 13.4. The lowest BCUT2D eigenvalue weighted by molar-refractivity contribution is 0.953. The minimum absolute atomic E-state index is 0.730. The molecule has 0 saturated carbocycles. The van der Waals surface area contributed by atoms with E-state index in [0.717, 1.165) is 47.5 Å². The van der Waals surface area contributed by atoms with Crippen LogP contribution in [-0.2, 0) is 11.5 Å². The summed E-state index contributed by atoms with van der Waals surface area (Å²) < 4.78 is 0. The van der Waals surface area contributed by atoms with Crippen molar-refractivity contribution < 1.29 is 0 Å². The van der Waals surface area contributed by atoms with Crippen LogP contribution < -0.4 is 5.32 Å². The zero-order valence-electron chi connectivity index (χ0n) is 11.8. The fourth-order valence-corrected chi connectivity index (χ4v) is 3.26. The van der Waals surface area contributed by atoms with Crippen molar-refractivity contribution in [1.82, 2.24) is 15.0 Å². The fraction of sp³-hybridized carbons (Fsp3) is 0.400. The highest BCUT2D eigenvalue weighted by molar-refractivity contribution is 7.98. The molecule has 0 saturated heterocycles. The van der Waals surface area contributed by atoms with Crippen LogP contribution in [0.3, 0.4) is 0 Å². The zero-order chi connectivity index (χ0) is 13.9. The number of pyridine rings is 1. The first-order valence-electron chi connectivity index (χ1n) is 6.92. The molecule has 1 N–H and O–H groups in total. The Morgan fingerprint density at radius 3 is 3.00 bits per heavy atom. The van der Waals surface area contributed by atoms with Crippen LogP contribution in [0.4, 0.5) is 5.82 Å². The van der Waals surface area contributed by atoms with Crippen molar-refractivity contribution in [2.45, 2.75) is 31.8 Å². The number of hydrogen-bond donors (Lipinski definition) is 1. The number of nitrogens with zero attached hydrogens (tertiary/aromatic N) is 3. The Bertz CT molecular complexity index is 627. The molecule has 1 aliphatic heterocycles. The molecule has 0 atom stereocenters. The second-order valence-corrected chi connectivity index (χ2v) is 5.94. The molecule has 3 rings (SSSR count). The molecule has 0 amide bonds. The van der Waals surface area contributed by atoms with E-state index in [0.29, 0.717) is 0 Å². The molecule has 2 aromatic rings. The van der Waals surface area contributed by atoms with E-state index in [4.69, 9.17) is 9.97 Å². The Morgan fingerprint density at radius 1 is 1.30 bits per heavy atom. The van der Waals surface area contributed by atoms with E-state index in [1.807, 2.05) is 30.1 Å². The van der Waals surface area contributed by atoms with Crippen molar-refractivity contribution in [3.05, 3.63) is 35.2 Å². The Morgan fingerprint density at radius 2 is 2.20 bits per heavy atom. The maximum Gasteiger partial charge on any atom is 0.180 e. The van der Waals surface area contributed by atoms with E-state index < -0.39 is 0 Å². The van der Waals surface area contributed by atoms with Crippen molar-refractivity contribution in [2.24, 2.45) is 0 Å². The smallest absolute Gasteiger partial charge is 0.180 e. The number of nitrogens with one attached hydrogen (secondary N) is 1. The molecule has 104 valence electrons. The summed E-state index contributed by atoms with van der Waals surface area (Å²) in [5, 5.41) is 3.43. The van der Waals surface area contributed by atoms with Gasteiger partial charge in [0.05, 0.1) is 5.69 Å². The van der Waals surface area contributed by atoms with Gasteiger partial charge in [0.1, 0.15) is 11.5 Å². The van der Waals surface area contributed by atoms with E-state index in [1.54, 1.807) is 0 Å². The molecule has 0 unspecified atom stereocenters.